The molecule has 17 heteroatoms. The normalized spacial score (nSPS) is 12.0. The van der Waals surface area contributed by atoms with Crippen LogP contribution in [0, 0.1) is 55.5 Å². The molecule has 0 radical (unpaired) electrons. The molecular weight excluding hydrogens is 1660 g/mol. The zero-order chi connectivity index (χ0) is 68.5. The van der Waals surface area contributed by atoms with Crippen molar-refractivity contribution in [2.45, 2.75) is 77.6 Å². The maximum Gasteiger partial charge on any atom is 2.00 e. The second kappa shape index (κ2) is 41.6. The Morgan fingerprint density at radius 3 is 0.857 bits per heavy atom. The second-order valence-electron chi connectivity index (χ2n) is 24.1. The summed E-state index contributed by atoms with van der Waals surface area (Å²) in [5.41, 5.74) is 21.5. The van der Waals surface area contributed by atoms with Crippen LogP contribution >= 0.6 is 0 Å². The van der Waals surface area contributed by atoms with Crippen molar-refractivity contribution in [2.75, 3.05) is 0 Å². The van der Waals surface area contributed by atoms with Crippen molar-refractivity contribution >= 4 is 17.1 Å². The van der Waals surface area contributed by atoms with Crippen molar-refractivity contribution in [2.24, 2.45) is 15.0 Å². The summed E-state index contributed by atoms with van der Waals surface area (Å²) in [5, 5.41) is 4.37. The molecule has 0 spiro atoms. The van der Waals surface area contributed by atoms with Crippen LogP contribution in [0.1, 0.15) is 132 Å². The van der Waals surface area contributed by atoms with Gasteiger partial charge in [0, 0.05) is 91.6 Å². The van der Waals surface area contributed by atoms with E-state index in [1.807, 2.05) is 153 Å². The molecule has 0 saturated heterocycles. The Bertz CT molecular complexity index is 4710. The quantitative estimate of drug-likeness (QED) is 0.0535. The van der Waals surface area contributed by atoms with Gasteiger partial charge in [-0.2, -0.15) is 290 Å². The van der Waals surface area contributed by atoms with Crippen molar-refractivity contribution in [3.8, 4) is 5.95 Å². The van der Waals surface area contributed by atoms with E-state index in [1.165, 1.54) is 38.9 Å². The van der Waals surface area contributed by atoms with E-state index in [4.69, 9.17) is 0 Å². The van der Waals surface area contributed by atoms with Gasteiger partial charge in [0.05, 0.1) is 22.8 Å². The predicted molar refractivity (Wildman–Crippen MR) is 396 cm³/mol. The Morgan fingerprint density at radius 2 is 0.590 bits per heavy atom. The molecular formula is C88H69N13Pd4. The van der Waals surface area contributed by atoms with Crippen LogP contribution in [0.15, 0.2) is 283 Å². The van der Waals surface area contributed by atoms with Crippen molar-refractivity contribution < 1.29 is 81.7 Å². The standard InChI is InChI=1S/C22H18N4.3C22H17N3.4Pd/c1-17-11-13-26(25-17)22-23-12-10-21(24-22)16-20-9-5-8-19(15-20)14-18-6-3-2-4-7-18;3*1-2-6-17(7-3-1)14-18-8-4-9-19(15-18)16-20-11-13-24-22(25-20)21-10-5-12-23-21;;;;/h2-6,8-13H,14,16H2,1H3;3*1-6,8-9,11-13H,10,14,16H2;;;;/q4*-2;4*+2. The van der Waals surface area contributed by atoms with Gasteiger partial charge in [-0.15, -0.1) is 0 Å². The third-order valence-corrected chi connectivity index (χ3v) is 16.3. The zero-order valence-electron chi connectivity index (χ0n) is 57.3. The molecule has 8 heterocycles. The fraction of sp³-hybridized carbons (Fsp3) is 0.136. The molecule has 0 fully saturated rings. The molecule has 105 heavy (non-hydrogen) atoms. The van der Waals surface area contributed by atoms with Crippen LogP contribution in [-0.4, -0.2) is 66.8 Å². The molecule has 3 aliphatic heterocycles. The summed E-state index contributed by atoms with van der Waals surface area (Å²) < 4.78 is 1.70. The molecule has 8 aromatic carbocycles. The number of benzene rings is 8. The molecule has 13 nitrogen and oxygen atoms in total. The van der Waals surface area contributed by atoms with Gasteiger partial charge in [0.2, 0.25) is 0 Å². The summed E-state index contributed by atoms with van der Waals surface area (Å²) in [6.45, 7) is 1.95. The Morgan fingerprint density at radius 1 is 0.305 bits per heavy atom. The van der Waals surface area contributed by atoms with E-state index >= 15 is 0 Å². The van der Waals surface area contributed by atoms with Gasteiger partial charge in [0.25, 0.3) is 5.95 Å². The number of aliphatic imine (C=N–C) groups is 3. The minimum atomic E-state index is 0. The smallest absolute Gasteiger partial charge is 0.257 e. The number of hydrogen-bond acceptors (Lipinski definition) is 12. The molecule has 3 aliphatic rings. The van der Waals surface area contributed by atoms with Crippen molar-refractivity contribution in [1.82, 2.24) is 49.7 Å². The number of hydrogen-bond donors (Lipinski definition) is 0. The van der Waals surface area contributed by atoms with Crippen LogP contribution in [0.4, 0.5) is 0 Å². The van der Waals surface area contributed by atoms with Crippen LogP contribution in [0.2, 0.25) is 0 Å². The van der Waals surface area contributed by atoms with E-state index in [2.05, 4.69) is 206 Å². The van der Waals surface area contributed by atoms with Crippen LogP contribution in [0.5, 0.6) is 0 Å². The molecule has 0 N–H and O–H groups in total. The molecule has 0 saturated carbocycles. The van der Waals surface area contributed by atoms with Gasteiger partial charge in [-0.05, 0) is 88.6 Å². The van der Waals surface area contributed by atoms with E-state index < -0.39 is 0 Å². The van der Waals surface area contributed by atoms with Crippen molar-refractivity contribution in [3.63, 3.8) is 0 Å². The van der Waals surface area contributed by atoms with E-state index in [-0.39, 0.29) is 81.7 Å². The van der Waals surface area contributed by atoms with Crippen LogP contribution < -0.4 is 0 Å². The summed E-state index contributed by atoms with van der Waals surface area (Å²) in [6, 6.07) is 94.2. The summed E-state index contributed by atoms with van der Waals surface area (Å²) >= 11 is 0. The van der Waals surface area contributed by atoms with Gasteiger partial charge >= 0.3 is 81.7 Å². The number of nitrogens with zero attached hydrogens (tertiary/aromatic N) is 13. The van der Waals surface area contributed by atoms with Crippen molar-refractivity contribution in [1.29, 1.82) is 0 Å². The molecule has 0 bridgehead atoms. The molecule has 526 valence electrons. The van der Waals surface area contributed by atoms with E-state index in [1.54, 1.807) is 29.5 Å². The van der Waals surface area contributed by atoms with E-state index in [0.29, 0.717) is 12.4 Å². The first-order valence-corrected chi connectivity index (χ1v) is 33.7. The largest absolute Gasteiger partial charge is 2.00 e. The summed E-state index contributed by atoms with van der Waals surface area (Å²) in [4.78, 5) is 48.9. The first kappa shape index (κ1) is 79.3. The predicted octanol–water partition coefficient (Wildman–Crippen LogP) is 15.6. The first-order valence-electron chi connectivity index (χ1n) is 33.7. The molecule has 0 atom stereocenters. The van der Waals surface area contributed by atoms with E-state index in [9.17, 15) is 0 Å². The van der Waals surface area contributed by atoms with Crippen LogP contribution in [0.25, 0.3) is 5.95 Å². The van der Waals surface area contributed by atoms with Gasteiger partial charge in [-0.1, -0.05) is 18.2 Å². The average Bonchev–Trinajstić information content (AvgIpc) is 1.85. The third-order valence-electron chi connectivity index (χ3n) is 16.3. The SMILES string of the molecule is Cc1ccn(-c2nccc(Cc3[c-]c(Cc4[c-]cccc4)ccc3)n2)n1.[Pd+2].[Pd+2].[Pd+2].[Pd+2].[c-]1ccccc1Cc1[c-]c(Cc2ccnc(C3=NC=CC3)n2)ccc1.[c-]1ccccc1Cc1[c-]c(Cc2ccnc(C3=NC=CC3)n2)ccc1.[c-]1ccccc1Cc1[c-]c(Cc2ccnc(C3=NC=CC3)n2)ccc1. The topological polar surface area (TPSA) is 158 Å². The molecule has 0 aliphatic carbocycles. The average molecular weight is 1730 g/mol. The fourth-order valence-corrected chi connectivity index (χ4v) is 11.4. The monoisotopic (exact) mass is 1730 g/mol. The summed E-state index contributed by atoms with van der Waals surface area (Å²) in [6.07, 6.45) is 29.2. The maximum absolute atomic E-state index is 4.66. The minimum absolute atomic E-state index is 0. The molecule has 13 aromatic rings. The van der Waals surface area contributed by atoms with Gasteiger partial charge in [-0.3, -0.25) is 15.0 Å². The van der Waals surface area contributed by atoms with Crippen LogP contribution in [0.3, 0.4) is 0 Å². The van der Waals surface area contributed by atoms with Gasteiger partial charge in [-0.25, -0.2) is 44.6 Å². The molecule has 5 aromatic heterocycles. The van der Waals surface area contributed by atoms with Gasteiger partial charge < -0.3 is 0 Å². The maximum atomic E-state index is 4.66. The molecule has 0 unspecified atom stereocenters. The Hall–Kier alpha value is -9.83. The number of rotatable bonds is 20. The second-order valence-corrected chi connectivity index (χ2v) is 24.1. The third kappa shape index (κ3) is 24.6. The Kier molecular flexibility index (Phi) is 31.4. The number of aromatic nitrogens is 10. The van der Waals surface area contributed by atoms with Crippen molar-refractivity contribution in [3.05, 3.63) is 429 Å². The molecule has 16 rings (SSSR count). The number of allylic oxidation sites excluding steroid dienone is 3. The Balaban J connectivity index is 0.000000160. The Labute approximate surface area is 670 Å². The minimum Gasteiger partial charge on any atom is -0.257 e. The van der Waals surface area contributed by atoms with Gasteiger partial charge in [0.15, 0.2) is 17.5 Å². The molecule has 0 amide bonds. The van der Waals surface area contributed by atoms with Gasteiger partial charge in [0.1, 0.15) is 0 Å². The van der Waals surface area contributed by atoms with E-state index in [0.717, 1.165) is 155 Å². The summed E-state index contributed by atoms with van der Waals surface area (Å²) in [7, 11) is 0. The number of aryl methyl sites for hydroxylation is 1. The first-order chi connectivity index (χ1) is 49.9. The van der Waals surface area contributed by atoms with Crippen LogP contribution in [-0.2, 0) is 133 Å². The summed E-state index contributed by atoms with van der Waals surface area (Å²) in [5.74, 6) is 2.75. The fourth-order valence-electron chi connectivity index (χ4n) is 11.4. The zero-order valence-corrected chi connectivity index (χ0v) is 63.5.